The summed E-state index contributed by atoms with van der Waals surface area (Å²) >= 11 is 0. The van der Waals surface area contributed by atoms with Crippen molar-refractivity contribution in [3.05, 3.63) is 77.6 Å². The molecule has 154 valence electrons. The van der Waals surface area contributed by atoms with Gasteiger partial charge in [0.1, 0.15) is 11.6 Å². The number of hydrogen-bond acceptors (Lipinski definition) is 4. The van der Waals surface area contributed by atoms with Crippen LogP contribution >= 0.6 is 0 Å². The topological polar surface area (TPSA) is 41.4 Å². The first kappa shape index (κ1) is 20.1. The summed E-state index contributed by atoms with van der Waals surface area (Å²) in [4.78, 5) is 15.7. The van der Waals surface area contributed by atoms with Gasteiger partial charge in [0.25, 0.3) is 0 Å². The third-order valence-corrected chi connectivity index (χ3v) is 5.53. The van der Waals surface area contributed by atoms with Gasteiger partial charge in [0.15, 0.2) is 0 Å². The van der Waals surface area contributed by atoms with Gasteiger partial charge in [-0.25, -0.2) is 18.7 Å². The molecule has 30 heavy (non-hydrogen) atoms. The highest BCUT2D eigenvalue weighted by atomic mass is 19.1. The van der Waals surface area contributed by atoms with Crippen molar-refractivity contribution in [2.75, 3.05) is 18.0 Å². The molecule has 3 aromatic rings. The first-order chi connectivity index (χ1) is 14.6. The quantitative estimate of drug-likeness (QED) is 0.536. The Bertz CT molecular complexity index is 1020. The first-order valence-electron chi connectivity index (χ1n) is 10.3. The summed E-state index contributed by atoms with van der Waals surface area (Å²) in [5.41, 5.74) is 3.50. The number of anilines is 1. The molecule has 0 fully saturated rings. The van der Waals surface area contributed by atoms with Crippen molar-refractivity contribution < 1.29 is 8.78 Å². The van der Waals surface area contributed by atoms with E-state index in [1.807, 2.05) is 36.7 Å². The summed E-state index contributed by atoms with van der Waals surface area (Å²) in [5.74, 6) is -0.385. The Balaban J connectivity index is 1.52. The Labute approximate surface area is 175 Å². The molecule has 4 nitrogen and oxygen atoms in total. The van der Waals surface area contributed by atoms with Gasteiger partial charge >= 0.3 is 0 Å². The van der Waals surface area contributed by atoms with Crippen LogP contribution in [-0.2, 0) is 0 Å². The number of rotatable bonds is 6. The lowest BCUT2D eigenvalue weighted by Crippen LogP contribution is -2.23. The van der Waals surface area contributed by atoms with Crippen molar-refractivity contribution in [2.45, 2.75) is 32.7 Å². The maximum Gasteiger partial charge on any atom is 0.225 e. The first-order valence-corrected chi connectivity index (χ1v) is 10.3. The molecule has 0 radical (unpaired) electrons. The molecule has 0 saturated heterocycles. The molecule has 0 saturated carbocycles. The van der Waals surface area contributed by atoms with Crippen LogP contribution < -0.4 is 4.90 Å². The van der Waals surface area contributed by atoms with Crippen LogP contribution in [0.5, 0.6) is 0 Å². The number of aromatic nitrogens is 2. The van der Waals surface area contributed by atoms with E-state index in [2.05, 4.69) is 33.7 Å². The lowest BCUT2D eigenvalue weighted by atomic mass is 10.0. The molecule has 1 aliphatic rings. The molecule has 2 aromatic carbocycles. The maximum absolute atomic E-state index is 14.1. The summed E-state index contributed by atoms with van der Waals surface area (Å²) in [6.45, 7) is 5.89. The van der Waals surface area contributed by atoms with Crippen molar-refractivity contribution in [1.29, 1.82) is 0 Å². The second-order valence-corrected chi connectivity index (χ2v) is 7.29. The SMILES string of the molecule is CCN(CC)c1ncc(-c2ccc(C3CCC(c4c(F)cccc4F)=N3)cc2)cn1. The fraction of sp³-hybridized carbons (Fsp3) is 0.292. The van der Waals surface area contributed by atoms with E-state index in [0.29, 0.717) is 12.1 Å². The van der Waals surface area contributed by atoms with Crippen molar-refractivity contribution in [3.8, 4) is 11.1 Å². The molecule has 6 heteroatoms. The van der Waals surface area contributed by atoms with Gasteiger partial charge in [0.2, 0.25) is 5.95 Å². The molecule has 1 atom stereocenters. The van der Waals surface area contributed by atoms with Crippen molar-refractivity contribution in [3.63, 3.8) is 0 Å². The van der Waals surface area contributed by atoms with Crippen LogP contribution in [0.25, 0.3) is 11.1 Å². The Morgan fingerprint density at radius 3 is 2.13 bits per heavy atom. The number of nitrogens with zero attached hydrogens (tertiary/aromatic N) is 4. The number of aliphatic imine (C=N–C) groups is 1. The maximum atomic E-state index is 14.1. The molecule has 4 rings (SSSR count). The monoisotopic (exact) mass is 406 g/mol. The highest BCUT2D eigenvalue weighted by Crippen LogP contribution is 2.33. The van der Waals surface area contributed by atoms with Crippen molar-refractivity contribution in [2.24, 2.45) is 4.99 Å². The highest BCUT2D eigenvalue weighted by Gasteiger charge is 2.24. The normalized spacial score (nSPS) is 15.9. The molecular weight excluding hydrogens is 382 g/mol. The van der Waals surface area contributed by atoms with Gasteiger partial charge in [-0.15, -0.1) is 0 Å². The molecule has 0 N–H and O–H groups in total. The average Bonchev–Trinajstić information content (AvgIpc) is 3.25. The third kappa shape index (κ3) is 3.95. The molecule has 1 aliphatic heterocycles. The van der Waals surface area contributed by atoms with Gasteiger partial charge in [-0.05, 0) is 49.9 Å². The fourth-order valence-corrected chi connectivity index (χ4v) is 3.83. The van der Waals surface area contributed by atoms with E-state index in [-0.39, 0.29) is 11.6 Å². The van der Waals surface area contributed by atoms with Crippen LogP contribution in [-0.4, -0.2) is 28.8 Å². The number of halogens is 2. The van der Waals surface area contributed by atoms with Crippen LogP contribution in [0.2, 0.25) is 0 Å². The second-order valence-electron chi connectivity index (χ2n) is 7.29. The molecular formula is C24H24F2N4. The zero-order valence-corrected chi connectivity index (χ0v) is 17.1. The van der Waals surface area contributed by atoms with E-state index in [9.17, 15) is 8.78 Å². The molecule has 0 aliphatic carbocycles. The Morgan fingerprint density at radius 1 is 0.900 bits per heavy atom. The fourth-order valence-electron chi connectivity index (χ4n) is 3.83. The smallest absolute Gasteiger partial charge is 0.225 e. The van der Waals surface area contributed by atoms with Crippen molar-refractivity contribution >= 4 is 11.7 Å². The van der Waals surface area contributed by atoms with E-state index in [4.69, 9.17) is 0 Å². The van der Waals surface area contributed by atoms with E-state index < -0.39 is 11.6 Å². The zero-order chi connectivity index (χ0) is 21.1. The lowest BCUT2D eigenvalue weighted by Gasteiger charge is -2.18. The standard InChI is InChI=1S/C24H24F2N4/c1-3-30(4-2)24-27-14-18(15-28-24)16-8-10-17(11-9-16)21-12-13-22(29-21)23-19(25)6-5-7-20(23)26/h5-11,14-15,21H,3-4,12-13H2,1-2H3. The van der Waals surface area contributed by atoms with Crippen LogP contribution in [0.3, 0.4) is 0 Å². The van der Waals surface area contributed by atoms with Gasteiger partial charge in [0, 0.05) is 36.8 Å². The van der Waals surface area contributed by atoms with E-state index in [0.717, 1.165) is 42.1 Å². The summed E-state index contributed by atoms with van der Waals surface area (Å²) in [7, 11) is 0. The summed E-state index contributed by atoms with van der Waals surface area (Å²) in [5, 5.41) is 0. The minimum Gasteiger partial charge on any atom is -0.341 e. The van der Waals surface area contributed by atoms with E-state index in [1.54, 1.807) is 0 Å². The van der Waals surface area contributed by atoms with Crippen LogP contribution in [0.4, 0.5) is 14.7 Å². The predicted octanol–water partition coefficient (Wildman–Crippen LogP) is 5.59. The van der Waals surface area contributed by atoms with Crippen molar-refractivity contribution in [1.82, 2.24) is 9.97 Å². The minimum absolute atomic E-state index is 0.00191. The van der Waals surface area contributed by atoms with E-state index in [1.165, 1.54) is 18.2 Å². The molecule has 0 bridgehead atoms. The van der Waals surface area contributed by atoms with Gasteiger partial charge in [-0.1, -0.05) is 30.3 Å². The Morgan fingerprint density at radius 2 is 1.53 bits per heavy atom. The molecule has 2 heterocycles. The lowest BCUT2D eigenvalue weighted by molar-refractivity contribution is 0.578. The number of hydrogen-bond donors (Lipinski definition) is 0. The van der Waals surface area contributed by atoms with Gasteiger partial charge in [-0.2, -0.15) is 0 Å². The number of benzene rings is 2. The second kappa shape index (κ2) is 8.69. The predicted molar refractivity (Wildman–Crippen MR) is 116 cm³/mol. The highest BCUT2D eigenvalue weighted by molar-refractivity contribution is 6.02. The van der Waals surface area contributed by atoms with Crippen LogP contribution in [0.15, 0.2) is 59.9 Å². The molecule has 1 unspecified atom stereocenters. The Kier molecular flexibility index (Phi) is 5.84. The average molecular weight is 406 g/mol. The summed E-state index contributed by atoms with van der Waals surface area (Å²) < 4.78 is 28.1. The Hall–Kier alpha value is -3.15. The third-order valence-electron chi connectivity index (χ3n) is 5.53. The zero-order valence-electron chi connectivity index (χ0n) is 17.1. The summed E-state index contributed by atoms with van der Waals surface area (Å²) in [6, 6.07) is 11.9. The van der Waals surface area contributed by atoms with Gasteiger partial charge in [-0.3, -0.25) is 4.99 Å². The molecule has 0 spiro atoms. The van der Waals surface area contributed by atoms with E-state index >= 15 is 0 Å². The van der Waals surface area contributed by atoms with Crippen LogP contribution in [0.1, 0.15) is 43.9 Å². The van der Waals surface area contributed by atoms with Gasteiger partial charge in [0.05, 0.1) is 11.6 Å². The van der Waals surface area contributed by atoms with Crippen LogP contribution in [0, 0.1) is 11.6 Å². The molecule has 0 amide bonds. The summed E-state index contributed by atoms with van der Waals surface area (Å²) in [6.07, 6.45) is 4.97. The molecule has 1 aromatic heterocycles. The van der Waals surface area contributed by atoms with Gasteiger partial charge < -0.3 is 4.90 Å². The largest absolute Gasteiger partial charge is 0.341 e. The minimum atomic E-state index is -0.557.